The predicted octanol–water partition coefficient (Wildman–Crippen LogP) is 4.54. The number of halogens is 4. The molecule has 3 heterocycles. The van der Waals surface area contributed by atoms with Crippen molar-refractivity contribution < 1.29 is 31.8 Å². The first-order valence-corrected chi connectivity index (χ1v) is 10.6. The summed E-state index contributed by atoms with van der Waals surface area (Å²) in [5.41, 5.74) is -0.423. The zero-order valence-electron chi connectivity index (χ0n) is 18.4. The summed E-state index contributed by atoms with van der Waals surface area (Å²) in [7, 11) is 0. The number of allylic oxidation sites excluding steroid dienone is 1. The van der Waals surface area contributed by atoms with Crippen LogP contribution in [-0.4, -0.2) is 56.5 Å². The predicted molar refractivity (Wildman–Crippen MR) is 110 cm³/mol. The van der Waals surface area contributed by atoms with Gasteiger partial charge in [0.1, 0.15) is 11.9 Å². The molecule has 4 rings (SSSR count). The maximum absolute atomic E-state index is 13.1. The Kier molecular flexibility index (Phi) is 5.87. The van der Waals surface area contributed by atoms with Gasteiger partial charge in [0.2, 0.25) is 11.8 Å². The van der Waals surface area contributed by atoms with E-state index in [-0.39, 0.29) is 47.6 Å². The third kappa shape index (κ3) is 5.14. The zero-order valence-corrected chi connectivity index (χ0v) is 18.4. The Hall–Kier alpha value is -3.05. The number of pyridine rings is 1. The Morgan fingerprint density at radius 3 is 2.48 bits per heavy atom. The van der Waals surface area contributed by atoms with Crippen LogP contribution in [-0.2, 0) is 4.74 Å². The number of nitrogens with one attached hydrogen (secondary N) is 1. The average Bonchev–Trinajstić information content (AvgIpc) is 3.20. The van der Waals surface area contributed by atoms with Gasteiger partial charge in [-0.2, -0.15) is 22.5 Å². The highest BCUT2D eigenvalue weighted by Gasteiger charge is 2.44. The second kappa shape index (κ2) is 8.38. The first kappa shape index (κ1) is 23.1. The van der Waals surface area contributed by atoms with Gasteiger partial charge in [0.05, 0.1) is 0 Å². The highest BCUT2D eigenvalue weighted by atomic mass is 19.4. The van der Waals surface area contributed by atoms with Crippen LogP contribution in [0.1, 0.15) is 33.6 Å². The highest BCUT2D eigenvalue weighted by Crippen LogP contribution is 2.39. The van der Waals surface area contributed by atoms with E-state index in [1.54, 1.807) is 11.1 Å². The van der Waals surface area contributed by atoms with Crippen LogP contribution >= 0.6 is 0 Å². The lowest BCUT2D eigenvalue weighted by molar-refractivity contribution is -0.110. The molecule has 8 nitrogen and oxygen atoms in total. The Labute approximate surface area is 187 Å². The minimum Gasteiger partial charge on any atom is -0.458 e. The molecule has 1 N–H and O–H groups in total. The molecule has 1 unspecified atom stereocenters. The monoisotopic (exact) mass is 471 g/mol. The summed E-state index contributed by atoms with van der Waals surface area (Å²) < 4.78 is 61.9. The molecule has 180 valence electrons. The Balaban J connectivity index is 1.46. The number of piperidine rings is 1. The fourth-order valence-electron chi connectivity index (χ4n) is 4.30. The van der Waals surface area contributed by atoms with Crippen molar-refractivity contribution >= 4 is 17.7 Å². The fourth-order valence-corrected chi connectivity index (χ4v) is 4.30. The molecule has 33 heavy (non-hydrogen) atoms. The van der Waals surface area contributed by atoms with E-state index >= 15 is 0 Å². The number of anilines is 1. The van der Waals surface area contributed by atoms with Gasteiger partial charge in [-0.05, 0) is 57.6 Å². The number of amides is 1. The first-order valence-electron chi connectivity index (χ1n) is 10.6. The maximum Gasteiger partial charge on any atom is 0.446 e. The van der Waals surface area contributed by atoms with Gasteiger partial charge in [-0.25, -0.2) is 9.31 Å². The molecule has 2 fully saturated rings. The van der Waals surface area contributed by atoms with Gasteiger partial charge in [-0.1, -0.05) is 0 Å². The summed E-state index contributed by atoms with van der Waals surface area (Å²) in [5.74, 6) is -1.78. The molecule has 1 aliphatic heterocycles. The van der Waals surface area contributed by atoms with E-state index < -0.39 is 17.6 Å². The Morgan fingerprint density at radius 2 is 1.88 bits per heavy atom. The molecule has 1 saturated heterocycles. The lowest BCUT2D eigenvalue weighted by Gasteiger charge is -2.38. The van der Waals surface area contributed by atoms with Crippen LogP contribution in [0.15, 0.2) is 30.4 Å². The van der Waals surface area contributed by atoms with Crippen LogP contribution in [0.3, 0.4) is 0 Å². The van der Waals surface area contributed by atoms with Crippen molar-refractivity contribution in [1.29, 1.82) is 0 Å². The molecule has 2 bridgehead atoms. The van der Waals surface area contributed by atoms with E-state index in [9.17, 15) is 22.4 Å². The topological polar surface area (TPSA) is 81.0 Å². The smallest absolute Gasteiger partial charge is 0.446 e. The summed E-state index contributed by atoms with van der Waals surface area (Å²) in [6, 6.07) is 2.91. The average molecular weight is 471 g/mol. The van der Waals surface area contributed by atoms with E-state index in [0.29, 0.717) is 13.1 Å². The summed E-state index contributed by atoms with van der Waals surface area (Å²) >= 11 is 0. The number of rotatable bonds is 4. The molecule has 3 atom stereocenters. The third-order valence-corrected chi connectivity index (χ3v) is 5.67. The molecule has 0 aromatic carbocycles. The van der Waals surface area contributed by atoms with Crippen LogP contribution < -0.4 is 10.1 Å². The number of carbonyl (C=O) groups is 1. The van der Waals surface area contributed by atoms with Crippen molar-refractivity contribution in [3.63, 3.8) is 0 Å². The third-order valence-electron chi connectivity index (χ3n) is 5.67. The normalized spacial score (nSPS) is 23.7. The molecule has 0 spiro atoms. The molecular weight excluding hydrogens is 446 g/mol. The summed E-state index contributed by atoms with van der Waals surface area (Å²) in [5, 5.41) is 7.62. The molecule has 2 aromatic heterocycles. The minimum absolute atomic E-state index is 0.00371. The SMILES string of the molecule is CC(C)(C)OC(=O)N1C[C@H]2CC[C@@H](C1)C2Nc1nc2c(O/C=C(\F)C(F)(F)F)cccn2n1. The molecular formula is C21H25F4N5O3. The number of carbonyl (C=O) groups excluding carboxylic acids is 1. The van der Waals surface area contributed by atoms with E-state index in [1.807, 2.05) is 20.8 Å². The molecule has 1 aliphatic carbocycles. The fraction of sp³-hybridized carbons (Fsp3) is 0.571. The van der Waals surface area contributed by atoms with Crippen LogP contribution in [0.2, 0.25) is 0 Å². The quantitative estimate of drug-likeness (QED) is 0.521. The van der Waals surface area contributed by atoms with Gasteiger partial charge in [-0.15, -0.1) is 5.10 Å². The van der Waals surface area contributed by atoms with Crippen LogP contribution in [0, 0.1) is 11.8 Å². The zero-order chi connectivity index (χ0) is 24.0. The number of nitrogens with zero attached hydrogens (tertiary/aromatic N) is 4. The summed E-state index contributed by atoms with van der Waals surface area (Å²) in [6.07, 6.45) is -2.02. The maximum atomic E-state index is 13.1. The Morgan fingerprint density at radius 1 is 1.21 bits per heavy atom. The number of ether oxygens (including phenoxy) is 2. The molecule has 2 aromatic rings. The number of likely N-dealkylation sites (tertiary alicyclic amines) is 1. The molecule has 2 aliphatic rings. The minimum atomic E-state index is -5.13. The molecule has 1 saturated carbocycles. The van der Waals surface area contributed by atoms with Crippen molar-refractivity contribution in [1.82, 2.24) is 19.5 Å². The van der Waals surface area contributed by atoms with Gasteiger partial charge in [0.15, 0.2) is 11.4 Å². The number of fused-ring (bicyclic) bond motifs is 3. The van der Waals surface area contributed by atoms with E-state index in [2.05, 4.69) is 15.4 Å². The number of hydrogen-bond acceptors (Lipinski definition) is 6. The van der Waals surface area contributed by atoms with E-state index in [0.717, 1.165) is 12.8 Å². The van der Waals surface area contributed by atoms with Crippen LogP contribution in [0.4, 0.5) is 28.3 Å². The second-order valence-corrected chi connectivity index (χ2v) is 9.31. The van der Waals surface area contributed by atoms with Gasteiger partial charge >= 0.3 is 12.3 Å². The number of alkyl halides is 3. The standard InChI is InChI=1S/C21H25F4N5O3/c1-20(2,3)33-19(31)29-9-12-6-7-13(10-29)16(12)26-18-27-17-14(5-4-8-30(17)28-18)32-11-15(22)21(23,24)25/h4-5,8,11-13,16H,6-7,9-10H2,1-3H3,(H,26,28)/b15-11-/t12-,13+,16?. The van der Waals surface area contributed by atoms with Crippen molar-refractivity contribution in [2.75, 3.05) is 18.4 Å². The van der Waals surface area contributed by atoms with Crippen molar-refractivity contribution in [3.05, 3.63) is 30.4 Å². The lowest BCUT2D eigenvalue weighted by atomic mass is 9.92. The largest absolute Gasteiger partial charge is 0.458 e. The number of aromatic nitrogens is 3. The van der Waals surface area contributed by atoms with E-state index in [1.165, 1.54) is 16.6 Å². The van der Waals surface area contributed by atoms with Gasteiger partial charge in [0.25, 0.3) is 0 Å². The summed E-state index contributed by atoms with van der Waals surface area (Å²) in [6.45, 7) is 6.58. The van der Waals surface area contributed by atoms with Gasteiger partial charge in [0, 0.05) is 25.3 Å². The van der Waals surface area contributed by atoms with Crippen molar-refractivity contribution in [2.45, 2.75) is 51.4 Å². The highest BCUT2D eigenvalue weighted by molar-refractivity contribution is 5.68. The molecule has 0 radical (unpaired) electrons. The van der Waals surface area contributed by atoms with Crippen molar-refractivity contribution in [2.24, 2.45) is 11.8 Å². The van der Waals surface area contributed by atoms with Gasteiger partial charge < -0.3 is 19.7 Å². The second-order valence-electron chi connectivity index (χ2n) is 9.31. The van der Waals surface area contributed by atoms with Gasteiger partial charge in [-0.3, -0.25) is 0 Å². The van der Waals surface area contributed by atoms with Crippen LogP contribution in [0.25, 0.3) is 5.65 Å². The number of hydrogen-bond donors (Lipinski definition) is 1. The molecule has 1 amide bonds. The summed E-state index contributed by atoms with van der Waals surface area (Å²) in [4.78, 5) is 18.5. The lowest BCUT2D eigenvalue weighted by Crippen LogP contribution is -2.51. The molecule has 12 heteroatoms. The Bertz CT molecular complexity index is 1050. The van der Waals surface area contributed by atoms with Crippen molar-refractivity contribution in [3.8, 4) is 5.75 Å². The van der Waals surface area contributed by atoms with Crippen LogP contribution in [0.5, 0.6) is 5.75 Å². The van der Waals surface area contributed by atoms with E-state index in [4.69, 9.17) is 9.47 Å². The first-order chi connectivity index (χ1) is 15.4.